The average molecular weight is 525 g/mol. The first kappa shape index (κ1) is 23.9. The molecule has 3 aliphatic carbocycles. The van der Waals surface area contributed by atoms with Gasteiger partial charge in [0.25, 0.3) is 0 Å². The third-order valence-electron chi connectivity index (χ3n) is 6.99. The number of H-pyrrole nitrogens is 1. The lowest BCUT2D eigenvalue weighted by molar-refractivity contribution is -0.330. The van der Waals surface area contributed by atoms with E-state index >= 15 is 4.39 Å². The van der Waals surface area contributed by atoms with Crippen LogP contribution in [0.3, 0.4) is 0 Å². The molecule has 3 aromatic heterocycles. The molecular weight excluding hydrogens is 502 g/mol. The lowest BCUT2D eigenvalue weighted by atomic mass is 9.50. The first-order valence-electron chi connectivity index (χ1n) is 11.7. The largest absolute Gasteiger partial charge is 0.522 e. The molecule has 3 saturated carbocycles. The summed E-state index contributed by atoms with van der Waals surface area (Å²) in [5, 5.41) is 12.6. The van der Waals surface area contributed by atoms with Crippen LogP contribution in [0.1, 0.15) is 42.3 Å². The molecule has 1 aliphatic heterocycles. The molecule has 0 radical (unpaired) electrons. The minimum absolute atomic E-state index is 0.0583. The summed E-state index contributed by atoms with van der Waals surface area (Å²) in [4.78, 5) is 20.6. The van der Waals surface area contributed by atoms with Crippen molar-refractivity contribution in [3.63, 3.8) is 0 Å². The third kappa shape index (κ3) is 4.56. The molecule has 3 atom stereocenters. The zero-order valence-electron chi connectivity index (χ0n) is 19.5. The molecule has 1 saturated heterocycles. The minimum Gasteiger partial charge on any atom is -0.441 e. The first-order valence-corrected chi connectivity index (χ1v) is 11.7. The molecule has 1 amide bonds. The second kappa shape index (κ2) is 8.55. The average Bonchev–Trinajstić information content (AvgIpc) is 3.50. The molecule has 4 aliphatic rings. The smallest absolute Gasteiger partial charge is 0.441 e. The normalized spacial score (nSPS) is 28.6. The Morgan fingerprint density at radius 2 is 2.14 bits per heavy atom. The fourth-order valence-electron chi connectivity index (χ4n) is 5.08. The van der Waals surface area contributed by atoms with E-state index in [1.807, 2.05) is 0 Å². The number of aryl methyl sites for hydroxylation is 1. The van der Waals surface area contributed by atoms with E-state index in [1.54, 1.807) is 6.92 Å². The Morgan fingerprint density at radius 1 is 1.35 bits per heavy atom. The Kier molecular flexibility index (Phi) is 5.52. The Morgan fingerprint density at radius 3 is 2.84 bits per heavy atom. The van der Waals surface area contributed by atoms with Gasteiger partial charge in [0.1, 0.15) is 11.8 Å². The molecule has 4 fully saturated rings. The molecule has 3 aromatic rings. The lowest BCUT2D eigenvalue weighted by Crippen LogP contribution is -2.68. The number of fused-ring (bicyclic) bond motifs is 1. The maximum Gasteiger partial charge on any atom is 0.522 e. The van der Waals surface area contributed by atoms with Crippen LogP contribution in [0.2, 0.25) is 0 Å². The number of ether oxygens (including phenoxy) is 3. The monoisotopic (exact) mass is 525 g/mol. The quantitative estimate of drug-likeness (QED) is 0.400. The summed E-state index contributed by atoms with van der Waals surface area (Å²) in [6, 6.07) is 1.51. The standard InChI is InChI=1S/C22H23F4N7O4/c1-10-6-27-19(33-7-12(28-18(10)33)8-36-22(24,25)26)29-15-2-13(31-32-15)17-16(23)14(9-35-17)37-20(34)30-21-3-11(4-21)5-21/h2,6-7,11,14,16-17H,3-5,8-9H2,1H3,(H,30,34)(H2,27,29,31,32)/t11?,14-,16-,17-,21?/m1/s1. The molecule has 11 nitrogen and oxygen atoms in total. The number of amides is 1. The molecule has 7 rings (SSSR count). The highest BCUT2D eigenvalue weighted by Gasteiger charge is 2.58. The van der Waals surface area contributed by atoms with Crippen LogP contribution in [0, 0.1) is 12.8 Å². The molecule has 3 N–H and O–H groups in total. The van der Waals surface area contributed by atoms with Gasteiger partial charge in [-0.05, 0) is 32.1 Å². The number of aromatic amines is 1. The summed E-state index contributed by atoms with van der Waals surface area (Å²) in [7, 11) is 0. The van der Waals surface area contributed by atoms with Crippen molar-refractivity contribution in [1.82, 2.24) is 29.9 Å². The number of carbonyl (C=O) groups excluding carboxylic acids is 1. The molecule has 15 heteroatoms. The Balaban J connectivity index is 1.11. The van der Waals surface area contributed by atoms with Gasteiger partial charge in [0.2, 0.25) is 5.95 Å². The van der Waals surface area contributed by atoms with Gasteiger partial charge in [-0.15, -0.1) is 13.2 Å². The van der Waals surface area contributed by atoms with Crippen molar-refractivity contribution in [3.8, 4) is 0 Å². The van der Waals surface area contributed by atoms with Crippen molar-refractivity contribution in [2.45, 2.75) is 63.1 Å². The highest BCUT2D eigenvalue weighted by molar-refractivity contribution is 5.69. The lowest BCUT2D eigenvalue weighted by Gasteiger charge is -2.61. The maximum absolute atomic E-state index is 15.1. The van der Waals surface area contributed by atoms with Crippen molar-refractivity contribution in [1.29, 1.82) is 0 Å². The number of anilines is 2. The third-order valence-corrected chi connectivity index (χ3v) is 6.99. The minimum atomic E-state index is -4.78. The fourth-order valence-corrected chi connectivity index (χ4v) is 5.08. The molecule has 37 heavy (non-hydrogen) atoms. The van der Waals surface area contributed by atoms with Gasteiger partial charge in [-0.2, -0.15) is 5.10 Å². The van der Waals surface area contributed by atoms with Gasteiger partial charge in [0.05, 0.1) is 24.6 Å². The van der Waals surface area contributed by atoms with Crippen molar-refractivity contribution >= 4 is 23.5 Å². The van der Waals surface area contributed by atoms with E-state index in [-0.39, 0.29) is 29.6 Å². The second-order valence-electron chi connectivity index (χ2n) is 9.78. The molecule has 0 unspecified atom stereocenters. The zero-order chi connectivity index (χ0) is 25.9. The Hall–Kier alpha value is -3.46. The molecule has 0 aromatic carbocycles. The van der Waals surface area contributed by atoms with Crippen molar-refractivity contribution in [2.24, 2.45) is 5.92 Å². The van der Waals surface area contributed by atoms with Crippen LogP contribution in [0.15, 0.2) is 18.5 Å². The number of alkyl halides is 4. The summed E-state index contributed by atoms with van der Waals surface area (Å²) >= 11 is 0. The zero-order valence-corrected chi connectivity index (χ0v) is 19.5. The number of imidazole rings is 1. The summed E-state index contributed by atoms with van der Waals surface area (Å²) in [6.07, 6.45) is -3.41. The van der Waals surface area contributed by atoms with Crippen LogP contribution in [0.5, 0.6) is 0 Å². The van der Waals surface area contributed by atoms with Crippen molar-refractivity contribution in [3.05, 3.63) is 35.4 Å². The van der Waals surface area contributed by atoms with Crippen molar-refractivity contribution in [2.75, 3.05) is 11.9 Å². The fraction of sp³-hybridized carbons (Fsp3) is 0.545. The highest BCUT2D eigenvalue weighted by Crippen LogP contribution is 2.57. The molecule has 198 valence electrons. The number of hydrogen-bond donors (Lipinski definition) is 3. The summed E-state index contributed by atoms with van der Waals surface area (Å²) in [5.74, 6) is 1.16. The number of nitrogens with zero attached hydrogens (tertiary/aromatic N) is 4. The van der Waals surface area contributed by atoms with Crippen LogP contribution in [0.4, 0.5) is 34.1 Å². The van der Waals surface area contributed by atoms with Crippen LogP contribution in [-0.4, -0.2) is 61.4 Å². The summed E-state index contributed by atoms with van der Waals surface area (Å²) in [5.41, 5.74) is 1.22. The topological polar surface area (TPSA) is 128 Å². The van der Waals surface area contributed by atoms with Gasteiger partial charge >= 0.3 is 12.5 Å². The van der Waals surface area contributed by atoms with Gasteiger partial charge in [-0.25, -0.2) is 19.2 Å². The number of rotatable bonds is 7. The molecule has 2 bridgehead atoms. The molecule has 0 spiro atoms. The Bertz CT molecular complexity index is 1330. The highest BCUT2D eigenvalue weighted by atomic mass is 19.4. The Labute approximate surface area is 206 Å². The number of carbonyl (C=O) groups is 1. The molecular formula is C22H23F4N7O4. The van der Waals surface area contributed by atoms with E-state index in [2.05, 4.69) is 35.5 Å². The van der Waals surface area contributed by atoms with Crippen LogP contribution >= 0.6 is 0 Å². The summed E-state index contributed by atoms with van der Waals surface area (Å²) < 4.78 is 68.5. The number of aromatic nitrogens is 5. The van der Waals surface area contributed by atoms with Crippen LogP contribution in [-0.2, 0) is 20.8 Å². The first-order chi connectivity index (χ1) is 17.6. The van der Waals surface area contributed by atoms with Gasteiger partial charge < -0.3 is 20.1 Å². The maximum atomic E-state index is 15.1. The summed E-state index contributed by atoms with van der Waals surface area (Å²) in [6.45, 7) is 0.859. The SMILES string of the molecule is Cc1cnc(Nc2cc([C@H]3OC[C@@H](OC(=O)NC45CC(C4)C5)[C@H]3F)[nH]n2)n2cc(COC(F)(F)F)nc12. The van der Waals surface area contributed by atoms with E-state index in [1.165, 1.54) is 22.9 Å². The van der Waals surface area contributed by atoms with Crippen LogP contribution < -0.4 is 10.6 Å². The number of alkyl carbamates (subject to hydrolysis) is 1. The van der Waals surface area contributed by atoms with E-state index in [0.717, 1.165) is 19.3 Å². The number of hydrogen-bond acceptors (Lipinski definition) is 8. The van der Waals surface area contributed by atoms with E-state index in [9.17, 15) is 18.0 Å². The van der Waals surface area contributed by atoms with Gasteiger partial charge in [-0.3, -0.25) is 14.2 Å². The predicted molar refractivity (Wildman–Crippen MR) is 118 cm³/mol. The van der Waals surface area contributed by atoms with E-state index in [0.29, 0.717) is 22.8 Å². The van der Waals surface area contributed by atoms with Gasteiger partial charge in [0, 0.05) is 29.6 Å². The van der Waals surface area contributed by atoms with Crippen molar-refractivity contribution < 1.29 is 36.6 Å². The predicted octanol–water partition coefficient (Wildman–Crippen LogP) is 3.60. The van der Waals surface area contributed by atoms with E-state index in [4.69, 9.17) is 9.47 Å². The van der Waals surface area contributed by atoms with E-state index < -0.39 is 37.4 Å². The molecule has 4 heterocycles. The number of halogens is 4. The van der Waals surface area contributed by atoms with Gasteiger partial charge in [-0.1, -0.05) is 0 Å². The van der Waals surface area contributed by atoms with Gasteiger partial charge in [0.15, 0.2) is 18.1 Å². The second-order valence-corrected chi connectivity index (χ2v) is 9.78. The number of nitrogens with one attached hydrogen (secondary N) is 3. The van der Waals surface area contributed by atoms with Crippen LogP contribution in [0.25, 0.3) is 5.65 Å².